The van der Waals surface area contributed by atoms with E-state index in [2.05, 4.69) is 9.88 Å². The van der Waals surface area contributed by atoms with Crippen LogP contribution in [0.25, 0.3) is 0 Å². The number of nitrogens with zero attached hydrogens (tertiary/aromatic N) is 5. The first-order valence-corrected chi connectivity index (χ1v) is 12.1. The van der Waals surface area contributed by atoms with Gasteiger partial charge in [0.2, 0.25) is 0 Å². The summed E-state index contributed by atoms with van der Waals surface area (Å²) in [5, 5.41) is 11.9. The van der Waals surface area contributed by atoms with Gasteiger partial charge in [-0.2, -0.15) is 0 Å². The van der Waals surface area contributed by atoms with Crippen molar-refractivity contribution in [1.29, 1.82) is 0 Å². The third-order valence-electron chi connectivity index (χ3n) is 5.66. The van der Waals surface area contributed by atoms with E-state index in [9.17, 15) is 18.5 Å². The predicted molar refractivity (Wildman–Crippen MR) is 128 cm³/mol. The van der Waals surface area contributed by atoms with E-state index in [1.54, 1.807) is 49.5 Å². The molecule has 0 saturated carbocycles. The van der Waals surface area contributed by atoms with Crippen molar-refractivity contribution in [3.05, 3.63) is 83.0 Å². The predicted octanol–water partition coefficient (Wildman–Crippen LogP) is 3.53. The van der Waals surface area contributed by atoms with Gasteiger partial charge in [-0.1, -0.05) is 24.3 Å². The summed E-state index contributed by atoms with van der Waals surface area (Å²) in [5.41, 5.74) is 0.714. The molecule has 0 aliphatic carbocycles. The Kier molecular flexibility index (Phi) is 6.45. The minimum absolute atomic E-state index is 0.101. The molecule has 1 saturated heterocycles. The molecule has 0 amide bonds. The molecule has 0 N–H and O–H groups in total. The second-order valence-electron chi connectivity index (χ2n) is 7.58. The molecule has 10 heteroatoms. The minimum Gasteiger partial charge on any atom is -0.362 e. The summed E-state index contributed by atoms with van der Waals surface area (Å²) in [6.07, 6.45) is 1.74. The van der Waals surface area contributed by atoms with Gasteiger partial charge in [0, 0.05) is 45.0 Å². The Balaban J connectivity index is 1.60. The highest BCUT2D eigenvalue weighted by atomic mass is 32.2. The Morgan fingerprint density at radius 2 is 1.64 bits per heavy atom. The second kappa shape index (κ2) is 9.45. The van der Waals surface area contributed by atoms with Crippen LogP contribution in [0.15, 0.2) is 77.8 Å². The summed E-state index contributed by atoms with van der Waals surface area (Å²) in [5.74, 6) is 0.869. The van der Waals surface area contributed by atoms with Crippen molar-refractivity contribution in [3.8, 4) is 0 Å². The molecular formula is C23H25N5O4S. The molecule has 1 aliphatic rings. The van der Waals surface area contributed by atoms with Crippen molar-refractivity contribution in [2.24, 2.45) is 0 Å². The van der Waals surface area contributed by atoms with E-state index in [0.717, 1.165) is 5.82 Å². The highest BCUT2D eigenvalue weighted by Crippen LogP contribution is 2.33. The number of pyridine rings is 1. The van der Waals surface area contributed by atoms with E-state index >= 15 is 0 Å². The van der Waals surface area contributed by atoms with Crippen molar-refractivity contribution >= 4 is 32.9 Å². The van der Waals surface area contributed by atoms with Crippen LogP contribution in [-0.2, 0) is 10.0 Å². The summed E-state index contributed by atoms with van der Waals surface area (Å²) in [4.78, 5) is 19.7. The van der Waals surface area contributed by atoms with Crippen LogP contribution in [0.4, 0.5) is 22.9 Å². The smallest absolute Gasteiger partial charge is 0.293 e. The Morgan fingerprint density at radius 3 is 2.24 bits per heavy atom. The molecule has 33 heavy (non-hydrogen) atoms. The van der Waals surface area contributed by atoms with E-state index in [4.69, 9.17) is 0 Å². The molecule has 0 spiro atoms. The number of para-hydroxylation sites is 1. The van der Waals surface area contributed by atoms with Gasteiger partial charge in [0.15, 0.2) is 0 Å². The third-order valence-corrected chi connectivity index (χ3v) is 7.56. The standard InChI is InChI=1S/C23H25N5O4S/c1-2-27(19-8-4-3-5-9-19)33(31,32)20-11-12-21(22(18-20)28(29)30)25-14-16-26(17-15-25)23-10-6-7-13-24-23/h3-13,18H,2,14-17H2,1H3. The average Bonchev–Trinajstić information content (AvgIpc) is 2.85. The zero-order valence-corrected chi connectivity index (χ0v) is 19.1. The fourth-order valence-corrected chi connectivity index (χ4v) is 5.50. The summed E-state index contributed by atoms with van der Waals surface area (Å²) in [7, 11) is -3.96. The van der Waals surface area contributed by atoms with Crippen LogP contribution < -0.4 is 14.1 Å². The van der Waals surface area contributed by atoms with Gasteiger partial charge < -0.3 is 9.80 Å². The Hall–Kier alpha value is -3.66. The maximum absolute atomic E-state index is 13.3. The maximum Gasteiger partial charge on any atom is 0.293 e. The molecule has 9 nitrogen and oxygen atoms in total. The SMILES string of the molecule is CCN(c1ccccc1)S(=O)(=O)c1ccc(N2CCN(c3ccccn3)CC2)c([N+](=O)[O-])c1. The lowest BCUT2D eigenvalue weighted by molar-refractivity contribution is -0.384. The molecule has 1 aromatic heterocycles. The minimum atomic E-state index is -3.96. The van der Waals surface area contributed by atoms with E-state index in [1.807, 2.05) is 23.1 Å². The summed E-state index contributed by atoms with van der Waals surface area (Å²) >= 11 is 0. The quantitative estimate of drug-likeness (QED) is 0.387. The highest BCUT2D eigenvalue weighted by Gasteiger charge is 2.29. The van der Waals surface area contributed by atoms with Gasteiger partial charge in [-0.3, -0.25) is 14.4 Å². The first-order chi connectivity index (χ1) is 15.9. The van der Waals surface area contributed by atoms with E-state index in [0.29, 0.717) is 37.6 Å². The fourth-order valence-electron chi connectivity index (χ4n) is 4.01. The Bertz CT molecular complexity index is 1210. The molecule has 4 rings (SSSR count). The molecule has 0 radical (unpaired) electrons. The van der Waals surface area contributed by atoms with Crippen LogP contribution in [0.1, 0.15) is 6.92 Å². The largest absolute Gasteiger partial charge is 0.362 e. The molecule has 2 aromatic carbocycles. The van der Waals surface area contributed by atoms with E-state index in [-0.39, 0.29) is 17.1 Å². The number of aromatic nitrogens is 1. The van der Waals surface area contributed by atoms with Gasteiger partial charge in [0.1, 0.15) is 11.5 Å². The molecule has 0 atom stereocenters. The van der Waals surface area contributed by atoms with Crippen LogP contribution in [0.2, 0.25) is 0 Å². The van der Waals surface area contributed by atoms with E-state index in [1.165, 1.54) is 16.4 Å². The van der Waals surface area contributed by atoms with Crippen LogP contribution in [0.5, 0.6) is 0 Å². The molecule has 3 aromatic rings. The zero-order chi connectivity index (χ0) is 23.4. The van der Waals surface area contributed by atoms with Crippen LogP contribution >= 0.6 is 0 Å². The Morgan fingerprint density at radius 1 is 0.970 bits per heavy atom. The molecular weight excluding hydrogens is 442 g/mol. The maximum atomic E-state index is 13.3. The summed E-state index contributed by atoms with van der Waals surface area (Å²) in [6.45, 7) is 4.38. The lowest BCUT2D eigenvalue weighted by Crippen LogP contribution is -2.47. The molecule has 1 aliphatic heterocycles. The number of benzene rings is 2. The van der Waals surface area contributed by atoms with Gasteiger partial charge in [-0.05, 0) is 43.3 Å². The van der Waals surface area contributed by atoms with Gasteiger partial charge in [-0.15, -0.1) is 0 Å². The molecule has 2 heterocycles. The number of hydrogen-bond donors (Lipinski definition) is 0. The number of nitro benzene ring substituents is 1. The number of hydrogen-bond acceptors (Lipinski definition) is 7. The number of sulfonamides is 1. The second-order valence-corrected chi connectivity index (χ2v) is 9.44. The number of nitro groups is 1. The topological polar surface area (TPSA) is 99.9 Å². The highest BCUT2D eigenvalue weighted by molar-refractivity contribution is 7.92. The van der Waals surface area contributed by atoms with Crippen molar-refractivity contribution in [2.45, 2.75) is 11.8 Å². The van der Waals surface area contributed by atoms with Crippen LogP contribution in [0.3, 0.4) is 0 Å². The van der Waals surface area contributed by atoms with Gasteiger partial charge in [-0.25, -0.2) is 13.4 Å². The van der Waals surface area contributed by atoms with E-state index < -0.39 is 14.9 Å². The number of anilines is 3. The Labute approximate surface area is 193 Å². The first kappa shape index (κ1) is 22.5. The van der Waals surface area contributed by atoms with Crippen molar-refractivity contribution < 1.29 is 13.3 Å². The normalized spacial score (nSPS) is 14.2. The molecule has 0 unspecified atom stereocenters. The monoisotopic (exact) mass is 467 g/mol. The average molecular weight is 468 g/mol. The van der Waals surface area contributed by atoms with Crippen LogP contribution in [-0.4, -0.2) is 51.0 Å². The molecule has 1 fully saturated rings. The van der Waals surface area contributed by atoms with Gasteiger partial charge in [0.05, 0.1) is 15.5 Å². The first-order valence-electron chi connectivity index (χ1n) is 10.7. The van der Waals surface area contributed by atoms with Gasteiger partial charge >= 0.3 is 0 Å². The molecule has 0 bridgehead atoms. The fraction of sp³-hybridized carbons (Fsp3) is 0.261. The number of rotatable bonds is 7. The lowest BCUT2D eigenvalue weighted by Gasteiger charge is -2.36. The van der Waals surface area contributed by atoms with Crippen molar-refractivity contribution in [1.82, 2.24) is 4.98 Å². The zero-order valence-electron chi connectivity index (χ0n) is 18.2. The lowest BCUT2D eigenvalue weighted by atomic mass is 10.2. The van der Waals surface area contributed by atoms with Gasteiger partial charge in [0.25, 0.3) is 15.7 Å². The number of piperazine rings is 1. The summed E-state index contributed by atoms with van der Waals surface area (Å²) < 4.78 is 27.9. The van der Waals surface area contributed by atoms with Crippen molar-refractivity contribution in [2.75, 3.05) is 46.8 Å². The summed E-state index contributed by atoms with van der Waals surface area (Å²) in [6, 6.07) is 18.6. The third kappa shape index (κ3) is 4.61. The van der Waals surface area contributed by atoms with Crippen molar-refractivity contribution in [3.63, 3.8) is 0 Å². The van der Waals surface area contributed by atoms with Crippen LogP contribution in [0, 0.1) is 10.1 Å². The molecule has 172 valence electrons.